The summed E-state index contributed by atoms with van der Waals surface area (Å²) in [6.07, 6.45) is 0. The Bertz CT molecular complexity index is 933. The predicted octanol–water partition coefficient (Wildman–Crippen LogP) is 4.44. The topological polar surface area (TPSA) is 95.9 Å². The molecule has 150 valence electrons. The SMILES string of the molecule is Cc1c(C(=O)c2ccc(OCCO)c(Cl)c2Cl)cc(Cl)c(O)c1NC(=O)CCl. The lowest BCUT2D eigenvalue weighted by atomic mass is 9.97. The molecule has 28 heavy (non-hydrogen) atoms. The molecule has 0 bridgehead atoms. The fraction of sp³-hybridized carbons (Fsp3) is 0.222. The molecule has 0 heterocycles. The molecule has 0 aliphatic carbocycles. The van der Waals surface area contributed by atoms with E-state index in [1.165, 1.54) is 25.1 Å². The van der Waals surface area contributed by atoms with Gasteiger partial charge in [-0.25, -0.2) is 0 Å². The van der Waals surface area contributed by atoms with E-state index in [9.17, 15) is 14.7 Å². The Morgan fingerprint density at radius 2 is 1.82 bits per heavy atom. The molecule has 0 radical (unpaired) electrons. The van der Waals surface area contributed by atoms with Crippen LogP contribution in [0, 0.1) is 6.92 Å². The molecule has 6 nitrogen and oxygen atoms in total. The maximum Gasteiger partial charge on any atom is 0.239 e. The van der Waals surface area contributed by atoms with Crippen molar-refractivity contribution < 1.29 is 24.5 Å². The molecular formula is C18H15Cl4NO5. The molecule has 0 saturated carbocycles. The zero-order valence-corrected chi connectivity index (χ0v) is 17.5. The number of ketones is 1. The summed E-state index contributed by atoms with van der Waals surface area (Å²) in [4.78, 5) is 24.7. The van der Waals surface area contributed by atoms with E-state index < -0.39 is 11.7 Å². The van der Waals surface area contributed by atoms with E-state index in [0.717, 1.165) is 0 Å². The zero-order valence-electron chi connectivity index (χ0n) is 14.5. The van der Waals surface area contributed by atoms with Gasteiger partial charge in [-0.15, -0.1) is 11.6 Å². The van der Waals surface area contributed by atoms with Gasteiger partial charge >= 0.3 is 0 Å². The fourth-order valence-corrected chi connectivity index (χ4v) is 3.15. The van der Waals surface area contributed by atoms with E-state index in [4.69, 9.17) is 56.2 Å². The molecule has 10 heteroatoms. The van der Waals surface area contributed by atoms with Crippen molar-refractivity contribution >= 4 is 63.8 Å². The number of phenolic OH excluding ortho intramolecular Hbond substituents is 1. The van der Waals surface area contributed by atoms with E-state index >= 15 is 0 Å². The van der Waals surface area contributed by atoms with Crippen LogP contribution in [0.4, 0.5) is 5.69 Å². The Hall–Kier alpha value is -1.70. The highest BCUT2D eigenvalue weighted by Crippen LogP contribution is 2.40. The molecule has 0 unspecified atom stereocenters. The molecule has 2 aromatic rings. The quantitative estimate of drug-likeness (QED) is 0.318. The van der Waals surface area contributed by atoms with Crippen LogP contribution in [0.1, 0.15) is 21.5 Å². The first-order valence-corrected chi connectivity index (χ1v) is 9.54. The van der Waals surface area contributed by atoms with Crippen LogP contribution in [0.15, 0.2) is 18.2 Å². The minimum absolute atomic E-state index is 0.0131. The molecule has 0 aliphatic rings. The number of anilines is 1. The van der Waals surface area contributed by atoms with Gasteiger partial charge in [0.2, 0.25) is 5.91 Å². The molecule has 0 saturated heterocycles. The summed E-state index contributed by atoms with van der Waals surface area (Å²) < 4.78 is 5.25. The number of benzene rings is 2. The highest BCUT2D eigenvalue weighted by Gasteiger charge is 2.24. The number of aliphatic hydroxyl groups is 1. The number of carbonyl (C=O) groups excluding carboxylic acids is 2. The van der Waals surface area contributed by atoms with Gasteiger partial charge in [-0.1, -0.05) is 34.8 Å². The number of aromatic hydroxyl groups is 1. The van der Waals surface area contributed by atoms with Crippen molar-refractivity contribution in [2.45, 2.75) is 6.92 Å². The summed E-state index contributed by atoms with van der Waals surface area (Å²) in [6.45, 7) is 1.33. The summed E-state index contributed by atoms with van der Waals surface area (Å²) in [5, 5.41) is 21.2. The number of rotatable bonds is 7. The second-order valence-electron chi connectivity index (χ2n) is 5.58. The van der Waals surface area contributed by atoms with Gasteiger partial charge in [0.05, 0.1) is 22.3 Å². The lowest BCUT2D eigenvalue weighted by molar-refractivity contribution is -0.113. The molecule has 3 N–H and O–H groups in total. The molecule has 0 aliphatic heterocycles. The molecule has 2 aromatic carbocycles. The third-order valence-electron chi connectivity index (χ3n) is 3.78. The highest BCUT2D eigenvalue weighted by atomic mass is 35.5. The summed E-state index contributed by atoms with van der Waals surface area (Å²) in [7, 11) is 0. The molecule has 1 amide bonds. The Kier molecular flexibility index (Phi) is 7.80. The van der Waals surface area contributed by atoms with Crippen molar-refractivity contribution in [2.75, 3.05) is 24.4 Å². The van der Waals surface area contributed by atoms with Crippen LogP contribution in [-0.2, 0) is 4.79 Å². The Balaban J connectivity index is 2.52. The van der Waals surface area contributed by atoms with Crippen molar-refractivity contribution in [3.63, 3.8) is 0 Å². The predicted molar refractivity (Wildman–Crippen MR) is 110 cm³/mol. The number of aliphatic hydroxyl groups excluding tert-OH is 1. The number of hydrogen-bond acceptors (Lipinski definition) is 5. The van der Waals surface area contributed by atoms with E-state index in [2.05, 4.69) is 5.32 Å². The van der Waals surface area contributed by atoms with Gasteiger partial charge in [0.15, 0.2) is 11.5 Å². The van der Waals surface area contributed by atoms with E-state index in [1.54, 1.807) is 0 Å². The molecule has 2 rings (SSSR count). The second kappa shape index (κ2) is 9.67. The van der Waals surface area contributed by atoms with Crippen LogP contribution in [-0.4, -0.2) is 41.0 Å². The number of carbonyl (C=O) groups is 2. The van der Waals surface area contributed by atoms with Crippen LogP contribution >= 0.6 is 46.4 Å². The number of hydrogen-bond donors (Lipinski definition) is 3. The fourth-order valence-electron chi connectivity index (χ4n) is 2.42. The molecule has 0 spiro atoms. The van der Waals surface area contributed by atoms with Gasteiger partial charge in [0.25, 0.3) is 0 Å². The lowest BCUT2D eigenvalue weighted by Gasteiger charge is -2.16. The summed E-state index contributed by atoms with van der Waals surface area (Å²) >= 11 is 23.9. The van der Waals surface area contributed by atoms with E-state index in [-0.39, 0.29) is 68.0 Å². The van der Waals surface area contributed by atoms with Crippen molar-refractivity contribution in [1.82, 2.24) is 0 Å². The summed E-state index contributed by atoms with van der Waals surface area (Å²) in [5.74, 6) is -1.61. The van der Waals surface area contributed by atoms with Gasteiger partial charge in [-0.2, -0.15) is 0 Å². The Labute approximate surface area is 180 Å². The van der Waals surface area contributed by atoms with Gasteiger partial charge in [0.1, 0.15) is 23.3 Å². The first kappa shape index (κ1) is 22.6. The average molecular weight is 467 g/mol. The smallest absolute Gasteiger partial charge is 0.239 e. The van der Waals surface area contributed by atoms with Crippen LogP contribution < -0.4 is 10.1 Å². The first-order chi connectivity index (χ1) is 13.2. The summed E-state index contributed by atoms with van der Waals surface area (Å²) in [5.41, 5.74) is 0.432. The van der Waals surface area contributed by atoms with Gasteiger partial charge in [-0.05, 0) is 30.7 Å². The largest absolute Gasteiger partial charge is 0.504 e. The van der Waals surface area contributed by atoms with Crippen LogP contribution in [0.5, 0.6) is 11.5 Å². The molecule has 0 aromatic heterocycles. The van der Waals surface area contributed by atoms with Gasteiger partial charge in [-0.3, -0.25) is 9.59 Å². The van der Waals surface area contributed by atoms with E-state index in [0.29, 0.717) is 0 Å². The van der Waals surface area contributed by atoms with Crippen LogP contribution in [0.3, 0.4) is 0 Å². The van der Waals surface area contributed by atoms with E-state index in [1.807, 2.05) is 0 Å². The third-order valence-corrected chi connectivity index (χ3v) is 5.18. The lowest BCUT2D eigenvalue weighted by Crippen LogP contribution is -2.15. The monoisotopic (exact) mass is 465 g/mol. The minimum Gasteiger partial charge on any atom is -0.504 e. The highest BCUT2D eigenvalue weighted by molar-refractivity contribution is 6.45. The molecule has 0 fully saturated rings. The number of halogens is 4. The standard InChI is InChI=1S/C18H15Cl4NO5/c1-8-10(6-11(20)18(27)16(8)23-13(25)7-19)17(26)9-2-3-12(28-5-4-24)15(22)14(9)21/h2-3,6,24,27H,4-5,7H2,1H3,(H,23,25). The number of phenols is 1. The number of ether oxygens (including phenoxy) is 1. The first-order valence-electron chi connectivity index (χ1n) is 7.87. The number of alkyl halides is 1. The van der Waals surface area contributed by atoms with Gasteiger partial charge < -0.3 is 20.3 Å². The van der Waals surface area contributed by atoms with Crippen molar-refractivity contribution in [2.24, 2.45) is 0 Å². The molecular weight excluding hydrogens is 452 g/mol. The van der Waals surface area contributed by atoms with Crippen molar-refractivity contribution in [3.05, 3.63) is 50.0 Å². The summed E-state index contributed by atoms with van der Waals surface area (Å²) in [6, 6.07) is 4.14. The van der Waals surface area contributed by atoms with Crippen LogP contribution in [0.2, 0.25) is 15.1 Å². The minimum atomic E-state index is -0.577. The Morgan fingerprint density at radius 1 is 1.14 bits per heavy atom. The third kappa shape index (κ3) is 4.64. The van der Waals surface area contributed by atoms with Crippen molar-refractivity contribution in [3.8, 4) is 11.5 Å². The average Bonchev–Trinajstić information content (AvgIpc) is 2.68. The number of amides is 1. The maximum absolute atomic E-state index is 13.0. The number of nitrogens with one attached hydrogen (secondary N) is 1. The maximum atomic E-state index is 13.0. The van der Waals surface area contributed by atoms with Crippen molar-refractivity contribution in [1.29, 1.82) is 0 Å². The Morgan fingerprint density at radius 3 is 2.43 bits per heavy atom. The normalized spacial score (nSPS) is 10.6. The molecule has 0 atom stereocenters. The van der Waals surface area contributed by atoms with Gasteiger partial charge in [0, 0.05) is 11.1 Å². The second-order valence-corrected chi connectivity index (χ2v) is 7.01. The van der Waals surface area contributed by atoms with Crippen LogP contribution in [0.25, 0.3) is 0 Å². The zero-order chi connectivity index (χ0) is 21.0.